The van der Waals surface area contributed by atoms with Crippen molar-refractivity contribution in [2.24, 2.45) is 11.3 Å². The van der Waals surface area contributed by atoms with Crippen molar-refractivity contribution >= 4 is 0 Å². The van der Waals surface area contributed by atoms with E-state index in [1.54, 1.807) is 0 Å². The topological polar surface area (TPSA) is 29.5 Å². The van der Waals surface area contributed by atoms with Crippen LogP contribution in [0.15, 0.2) is 0 Å². The Kier molecular flexibility index (Phi) is 5.70. The van der Waals surface area contributed by atoms with Crippen molar-refractivity contribution in [1.29, 1.82) is 0 Å². The molecule has 1 saturated carbocycles. The van der Waals surface area contributed by atoms with Gasteiger partial charge in [0.2, 0.25) is 0 Å². The molecular weight excluding hydrogens is 236 g/mol. The minimum Gasteiger partial charge on any atom is -0.396 e. The second-order valence-corrected chi connectivity index (χ2v) is 7.09. The number of ether oxygens (including phenoxy) is 1. The van der Waals surface area contributed by atoms with Crippen molar-refractivity contribution in [3.05, 3.63) is 0 Å². The van der Waals surface area contributed by atoms with Crippen LogP contribution in [-0.2, 0) is 4.74 Å². The minimum atomic E-state index is 0.178. The van der Waals surface area contributed by atoms with E-state index in [9.17, 15) is 5.11 Å². The maximum absolute atomic E-state index is 9.87. The molecule has 0 aromatic carbocycles. The van der Waals surface area contributed by atoms with E-state index in [4.69, 9.17) is 4.74 Å². The van der Waals surface area contributed by atoms with Crippen LogP contribution in [0.3, 0.4) is 0 Å². The molecule has 2 heteroatoms. The molecule has 2 rings (SSSR count). The Hall–Kier alpha value is -0.0800. The van der Waals surface area contributed by atoms with Crippen LogP contribution in [0.1, 0.15) is 78.1 Å². The van der Waals surface area contributed by atoms with E-state index < -0.39 is 0 Å². The maximum atomic E-state index is 9.87. The van der Waals surface area contributed by atoms with Crippen LogP contribution in [-0.4, -0.2) is 23.9 Å². The molecule has 112 valence electrons. The first-order valence-electron chi connectivity index (χ1n) is 8.44. The molecule has 0 aromatic rings. The molecule has 0 amide bonds. The van der Waals surface area contributed by atoms with E-state index in [-0.39, 0.29) is 5.41 Å². The number of aliphatic hydroxyl groups is 1. The lowest BCUT2D eigenvalue weighted by Gasteiger charge is -2.40. The fourth-order valence-corrected chi connectivity index (χ4v) is 4.02. The normalized spacial score (nSPS) is 39.6. The summed E-state index contributed by atoms with van der Waals surface area (Å²) < 4.78 is 5.97. The summed E-state index contributed by atoms with van der Waals surface area (Å²) in [5.41, 5.74) is 0.178. The second kappa shape index (κ2) is 7.08. The van der Waals surface area contributed by atoms with Crippen LogP contribution in [0, 0.1) is 11.3 Å². The fourth-order valence-electron chi connectivity index (χ4n) is 4.02. The highest BCUT2D eigenvalue weighted by atomic mass is 16.5. The SMILES string of the molecule is CCCCC1CCC(CO)(CC2CCC(C)O2)CC1. The predicted molar refractivity (Wildman–Crippen MR) is 79.2 cm³/mol. The number of aliphatic hydroxyl groups excluding tert-OH is 1. The molecule has 1 saturated heterocycles. The number of hydrogen-bond donors (Lipinski definition) is 1. The van der Waals surface area contributed by atoms with Gasteiger partial charge >= 0.3 is 0 Å². The van der Waals surface area contributed by atoms with Gasteiger partial charge in [-0.3, -0.25) is 0 Å². The van der Waals surface area contributed by atoms with Crippen molar-refractivity contribution in [3.63, 3.8) is 0 Å². The Morgan fingerprint density at radius 2 is 1.89 bits per heavy atom. The highest BCUT2D eigenvalue weighted by molar-refractivity contribution is 4.89. The molecule has 0 radical (unpaired) electrons. The van der Waals surface area contributed by atoms with Crippen LogP contribution >= 0.6 is 0 Å². The van der Waals surface area contributed by atoms with Crippen LogP contribution in [0.25, 0.3) is 0 Å². The number of rotatable bonds is 6. The van der Waals surface area contributed by atoms with Gasteiger partial charge in [-0.2, -0.15) is 0 Å². The molecule has 1 aliphatic heterocycles. The molecule has 1 aliphatic carbocycles. The lowest BCUT2D eigenvalue weighted by molar-refractivity contribution is -0.0184. The zero-order valence-electron chi connectivity index (χ0n) is 12.9. The Balaban J connectivity index is 1.80. The van der Waals surface area contributed by atoms with Crippen molar-refractivity contribution < 1.29 is 9.84 Å². The first kappa shape index (κ1) is 15.3. The van der Waals surface area contributed by atoms with Gasteiger partial charge in [0.05, 0.1) is 12.2 Å². The molecule has 19 heavy (non-hydrogen) atoms. The predicted octanol–water partition coefficient (Wildman–Crippen LogP) is 4.30. The maximum Gasteiger partial charge on any atom is 0.0585 e. The zero-order chi connectivity index (χ0) is 13.7. The van der Waals surface area contributed by atoms with Crippen LogP contribution in [0.4, 0.5) is 0 Å². The van der Waals surface area contributed by atoms with Crippen molar-refractivity contribution in [1.82, 2.24) is 0 Å². The third-order valence-electron chi connectivity index (χ3n) is 5.45. The Morgan fingerprint density at radius 3 is 2.42 bits per heavy atom. The van der Waals surface area contributed by atoms with Gasteiger partial charge < -0.3 is 9.84 Å². The summed E-state index contributed by atoms with van der Waals surface area (Å²) in [5.74, 6) is 0.919. The highest BCUT2D eigenvalue weighted by Gasteiger charge is 2.38. The van der Waals surface area contributed by atoms with Gasteiger partial charge in [-0.05, 0) is 63.2 Å². The van der Waals surface area contributed by atoms with Gasteiger partial charge in [0.25, 0.3) is 0 Å². The third-order valence-corrected chi connectivity index (χ3v) is 5.45. The quantitative estimate of drug-likeness (QED) is 0.778. The van der Waals surface area contributed by atoms with Crippen LogP contribution in [0.2, 0.25) is 0 Å². The van der Waals surface area contributed by atoms with Crippen molar-refractivity contribution in [2.75, 3.05) is 6.61 Å². The van der Waals surface area contributed by atoms with E-state index in [0.717, 1.165) is 12.3 Å². The highest BCUT2D eigenvalue weighted by Crippen LogP contribution is 2.45. The standard InChI is InChI=1S/C17H32O2/c1-3-4-5-15-8-10-17(13-18,11-9-15)12-16-7-6-14(2)19-16/h14-16,18H,3-13H2,1-2H3. The summed E-state index contributed by atoms with van der Waals surface area (Å²) >= 11 is 0. The Morgan fingerprint density at radius 1 is 1.16 bits per heavy atom. The minimum absolute atomic E-state index is 0.178. The van der Waals surface area contributed by atoms with E-state index in [0.29, 0.717) is 18.8 Å². The molecule has 2 atom stereocenters. The van der Waals surface area contributed by atoms with E-state index in [1.165, 1.54) is 57.8 Å². The van der Waals surface area contributed by atoms with Gasteiger partial charge in [0.15, 0.2) is 0 Å². The smallest absolute Gasteiger partial charge is 0.0585 e. The zero-order valence-corrected chi connectivity index (χ0v) is 12.9. The van der Waals surface area contributed by atoms with Gasteiger partial charge in [-0.1, -0.05) is 26.2 Å². The molecule has 0 bridgehead atoms. The second-order valence-electron chi connectivity index (χ2n) is 7.09. The fraction of sp³-hybridized carbons (Fsp3) is 1.00. The Bertz CT molecular complexity index is 256. The Labute approximate surface area is 118 Å². The third kappa shape index (κ3) is 4.19. The summed E-state index contributed by atoms with van der Waals surface area (Å²) in [7, 11) is 0. The van der Waals surface area contributed by atoms with E-state index >= 15 is 0 Å². The largest absolute Gasteiger partial charge is 0.396 e. The summed E-state index contributed by atoms with van der Waals surface area (Å²) in [6.07, 6.45) is 13.5. The molecule has 0 spiro atoms. The van der Waals surface area contributed by atoms with Gasteiger partial charge in [0.1, 0.15) is 0 Å². The summed E-state index contributed by atoms with van der Waals surface area (Å²) in [6, 6.07) is 0. The molecule has 2 nitrogen and oxygen atoms in total. The molecule has 1 heterocycles. The van der Waals surface area contributed by atoms with Gasteiger partial charge in [0, 0.05) is 6.61 Å². The average molecular weight is 268 g/mol. The summed E-state index contributed by atoms with van der Waals surface area (Å²) in [4.78, 5) is 0. The molecular formula is C17H32O2. The van der Waals surface area contributed by atoms with Crippen molar-refractivity contribution in [3.8, 4) is 0 Å². The van der Waals surface area contributed by atoms with E-state index in [1.807, 2.05) is 0 Å². The first-order valence-corrected chi connectivity index (χ1v) is 8.44. The van der Waals surface area contributed by atoms with Crippen LogP contribution in [0.5, 0.6) is 0 Å². The monoisotopic (exact) mass is 268 g/mol. The van der Waals surface area contributed by atoms with Crippen molar-refractivity contribution in [2.45, 2.75) is 90.3 Å². The molecule has 0 aromatic heterocycles. The summed E-state index contributed by atoms with van der Waals surface area (Å²) in [5, 5.41) is 9.87. The van der Waals surface area contributed by atoms with Gasteiger partial charge in [-0.15, -0.1) is 0 Å². The number of hydrogen-bond acceptors (Lipinski definition) is 2. The van der Waals surface area contributed by atoms with Crippen LogP contribution < -0.4 is 0 Å². The van der Waals surface area contributed by atoms with Gasteiger partial charge in [-0.25, -0.2) is 0 Å². The molecule has 2 fully saturated rings. The average Bonchev–Trinajstić information content (AvgIpc) is 2.83. The number of unbranched alkanes of at least 4 members (excludes halogenated alkanes) is 1. The summed E-state index contributed by atoms with van der Waals surface area (Å²) in [6.45, 7) is 4.81. The lowest BCUT2D eigenvalue weighted by atomic mass is 9.67. The first-order chi connectivity index (χ1) is 9.17. The molecule has 1 N–H and O–H groups in total. The lowest BCUT2D eigenvalue weighted by Crippen LogP contribution is -2.34. The molecule has 2 unspecified atom stereocenters. The molecule has 2 aliphatic rings. The van der Waals surface area contributed by atoms with E-state index in [2.05, 4.69) is 13.8 Å².